The van der Waals surface area contributed by atoms with E-state index in [0.717, 1.165) is 23.1 Å². The van der Waals surface area contributed by atoms with Gasteiger partial charge in [0.05, 0.1) is 0 Å². The smallest absolute Gasteiger partial charge is 0.141 e. The number of hydrogen-bond donors (Lipinski definition) is 0. The first-order valence-electron chi connectivity index (χ1n) is 8.21. The Balaban J connectivity index is 1.62. The number of benzene rings is 2. The van der Waals surface area contributed by atoms with Gasteiger partial charge in [-0.25, -0.2) is 0 Å². The van der Waals surface area contributed by atoms with Crippen LogP contribution in [0.4, 0.5) is 0 Å². The molecule has 2 aromatic rings. The van der Waals surface area contributed by atoms with Crippen LogP contribution in [0.3, 0.4) is 0 Å². The molecule has 0 saturated heterocycles. The third-order valence-corrected chi connectivity index (χ3v) is 4.87. The van der Waals surface area contributed by atoms with Gasteiger partial charge in [0, 0.05) is 17.4 Å². The van der Waals surface area contributed by atoms with Crippen molar-refractivity contribution in [3.8, 4) is 5.75 Å². The van der Waals surface area contributed by atoms with Crippen molar-refractivity contribution in [2.45, 2.75) is 5.60 Å². The molecular formula is C23H16O. The van der Waals surface area contributed by atoms with Crippen LogP contribution < -0.4 is 4.74 Å². The predicted octanol–water partition coefficient (Wildman–Crippen LogP) is 4.79. The van der Waals surface area contributed by atoms with Crippen LogP contribution in [0.2, 0.25) is 0 Å². The lowest BCUT2D eigenvalue weighted by Crippen LogP contribution is -2.46. The molecule has 0 bridgehead atoms. The molecule has 5 rings (SSSR count). The largest absolute Gasteiger partial charge is 0.481 e. The fraction of sp³-hybridized carbons (Fsp3) is 0.0435. The van der Waals surface area contributed by atoms with E-state index in [-0.39, 0.29) is 0 Å². The molecule has 1 heteroatoms. The molecule has 0 aromatic heterocycles. The van der Waals surface area contributed by atoms with E-state index in [4.69, 9.17) is 4.74 Å². The first kappa shape index (κ1) is 14.6. The fourth-order valence-electron chi connectivity index (χ4n) is 3.66. The van der Waals surface area contributed by atoms with Crippen LogP contribution in [0.5, 0.6) is 5.75 Å². The lowest BCUT2D eigenvalue weighted by atomic mass is 9.73. The topological polar surface area (TPSA) is 9.23 Å². The second-order valence-electron chi connectivity index (χ2n) is 6.22. The van der Waals surface area contributed by atoms with E-state index < -0.39 is 5.60 Å². The van der Waals surface area contributed by atoms with Gasteiger partial charge in [-0.3, -0.25) is 0 Å². The molecule has 0 spiro atoms. The quantitative estimate of drug-likeness (QED) is 0.774. The van der Waals surface area contributed by atoms with Crippen LogP contribution in [0.25, 0.3) is 16.8 Å². The summed E-state index contributed by atoms with van der Waals surface area (Å²) < 4.78 is 6.63. The summed E-state index contributed by atoms with van der Waals surface area (Å²) in [5, 5.41) is 2.46. The lowest BCUT2D eigenvalue weighted by molar-refractivity contribution is 0.162. The third kappa shape index (κ3) is 2.13. The molecule has 0 amide bonds. The van der Waals surface area contributed by atoms with E-state index in [0.29, 0.717) is 0 Å². The van der Waals surface area contributed by atoms with Crippen molar-refractivity contribution in [1.82, 2.24) is 0 Å². The average molecular weight is 308 g/mol. The summed E-state index contributed by atoms with van der Waals surface area (Å²) in [5.74, 6) is 3.24. The Morgan fingerprint density at radius 3 is 2.08 bits per heavy atom. The zero-order valence-electron chi connectivity index (χ0n) is 13.1. The maximum atomic E-state index is 6.63. The zero-order chi connectivity index (χ0) is 16.0. The van der Waals surface area contributed by atoms with E-state index in [1.807, 2.05) is 0 Å². The maximum Gasteiger partial charge on any atom is 0.141 e. The Kier molecular flexibility index (Phi) is 3.43. The Morgan fingerprint density at radius 2 is 1.38 bits per heavy atom. The number of rotatable bonds is 2. The molecule has 10 radical (unpaired) electrons. The summed E-state index contributed by atoms with van der Waals surface area (Å²) in [6.07, 6.45) is 21.2. The van der Waals surface area contributed by atoms with Gasteiger partial charge in [-0.15, -0.1) is 0 Å². The molecule has 0 atom stereocenters. The van der Waals surface area contributed by atoms with Gasteiger partial charge in [0.15, 0.2) is 0 Å². The summed E-state index contributed by atoms with van der Waals surface area (Å²) in [5.41, 5.74) is 0.601. The van der Waals surface area contributed by atoms with Crippen molar-refractivity contribution in [3.05, 3.63) is 111 Å². The summed E-state index contributed by atoms with van der Waals surface area (Å²) in [4.78, 5) is 0. The number of fused-ring (bicyclic) bond motifs is 3. The third-order valence-electron chi connectivity index (χ3n) is 4.87. The van der Waals surface area contributed by atoms with Gasteiger partial charge in [0.1, 0.15) is 11.4 Å². The maximum absolute atomic E-state index is 6.63. The van der Waals surface area contributed by atoms with Crippen LogP contribution in [-0.4, -0.2) is 5.60 Å². The fourth-order valence-corrected chi connectivity index (χ4v) is 3.66. The van der Waals surface area contributed by atoms with Crippen molar-refractivity contribution in [2.75, 3.05) is 0 Å². The van der Waals surface area contributed by atoms with Crippen molar-refractivity contribution in [3.63, 3.8) is 0 Å². The SMILES string of the molecule is [CH]1[CH][CH][C](C2([C]3[CH][CH][CH][CH]3)C=Cc3c(ccc4ccccc34)O2)[CH]1. The van der Waals surface area contributed by atoms with E-state index in [2.05, 4.69) is 99.9 Å². The van der Waals surface area contributed by atoms with E-state index in [1.165, 1.54) is 10.8 Å². The molecular weight excluding hydrogens is 292 g/mol. The zero-order valence-corrected chi connectivity index (χ0v) is 13.1. The highest BCUT2D eigenvalue weighted by molar-refractivity contribution is 5.94. The molecule has 2 saturated carbocycles. The van der Waals surface area contributed by atoms with Crippen molar-refractivity contribution in [2.24, 2.45) is 0 Å². The molecule has 114 valence electrons. The number of ether oxygens (including phenoxy) is 1. The van der Waals surface area contributed by atoms with Crippen LogP contribution in [0.15, 0.2) is 42.5 Å². The second kappa shape index (κ2) is 5.65. The monoisotopic (exact) mass is 308 g/mol. The van der Waals surface area contributed by atoms with Gasteiger partial charge in [-0.05, 0) is 74.3 Å². The van der Waals surface area contributed by atoms with Gasteiger partial charge in [0.25, 0.3) is 0 Å². The van der Waals surface area contributed by atoms with Crippen LogP contribution >= 0.6 is 0 Å². The Morgan fingerprint density at radius 1 is 0.708 bits per heavy atom. The first-order chi connectivity index (χ1) is 11.9. The molecule has 24 heavy (non-hydrogen) atoms. The summed E-state index contributed by atoms with van der Waals surface area (Å²) >= 11 is 0. The molecule has 3 aliphatic rings. The lowest BCUT2D eigenvalue weighted by Gasteiger charge is -2.43. The highest BCUT2D eigenvalue weighted by Gasteiger charge is 2.50. The van der Waals surface area contributed by atoms with Crippen LogP contribution in [0.1, 0.15) is 5.56 Å². The van der Waals surface area contributed by atoms with Crippen molar-refractivity contribution < 1.29 is 4.74 Å². The predicted molar refractivity (Wildman–Crippen MR) is 97.2 cm³/mol. The molecule has 1 nitrogen and oxygen atoms in total. The minimum Gasteiger partial charge on any atom is -0.481 e. The normalized spacial score (nSPS) is 23.5. The molecule has 1 aliphatic heterocycles. The van der Waals surface area contributed by atoms with Gasteiger partial charge in [0.2, 0.25) is 0 Å². The molecule has 0 unspecified atom stereocenters. The van der Waals surface area contributed by atoms with Gasteiger partial charge in [-0.1, -0.05) is 36.4 Å². The highest BCUT2D eigenvalue weighted by Crippen LogP contribution is 2.51. The Labute approximate surface area is 144 Å². The van der Waals surface area contributed by atoms with Crippen molar-refractivity contribution >= 4 is 16.8 Å². The highest BCUT2D eigenvalue weighted by atomic mass is 16.5. The molecule has 0 N–H and O–H groups in total. The first-order valence-corrected chi connectivity index (χ1v) is 8.21. The molecule has 2 aromatic carbocycles. The summed E-state index contributed by atoms with van der Waals surface area (Å²) in [6.45, 7) is 0. The molecule has 2 fully saturated rings. The average Bonchev–Trinajstić information content (AvgIpc) is 3.35. The Hall–Kier alpha value is -1.76. The molecule has 1 heterocycles. The van der Waals surface area contributed by atoms with Gasteiger partial charge in [-0.2, -0.15) is 0 Å². The van der Waals surface area contributed by atoms with Crippen LogP contribution in [0, 0.1) is 63.2 Å². The van der Waals surface area contributed by atoms with Gasteiger partial charge < -0.3 is 4.74 Å². The van der Waals surface area contributed by atoms with E-state index in [1.54, 1.807) is 0 Å². The second-order valence-corrected chi connectivity index (χ2v) is 6.22. The minimum atomic E-state index is -0.553. The Bertz CT molecular complexity index is 760. The van der Waals surface area contributed by atoms with Crippen molar-refractivity contribution in [1.29, 1.82) is 0 Å². The standard InChI is InChI=1S/C23H16O/c1-6-12-20-17(7-1)13-14-22-21(20)15-16-23(24-22,18-8-2-3-9-18)19-10-4-5-11-19/h1-16H. The minimum absolute atomic E-state index is 0.553. The number of hydrogen-bond acceptors (Lipinski definition) is 1. The molecule has 2 aliphatic carbocycles. The summed E-state index contributed by atoms with van der Waals surface area (Å²) in [6, 6.07) is 12.7. The van der Waals surface area contributed by atoms with E-state index >= 15 is 0 Å². The van der Waals surface area contributed by atoms with Gasteiger partial charge >= 0.3 is 0 Å². The van der Waals surface area contributed by atoms with Crippen LogP contribution in [-0.2, 0) is 0 Å². The summed E-state index contributed by atoms with van der Waals surface area (Å²) in [7, 11) is 0. The van der Waals surface area contributed by atoms with E-state index in [9.17, 15) is 0 Å².